The van der Waals surface area contributed by atoms with Gasteiger partial charge in [-0.2, -0.15) is 0 Å². The lowest BCUT2D eigenvalue weighted by Crippen LogP contribution is -2.29. The topological polar surface area (TPSA) is 37.4 Å². The molecule has 0 bridgehead atoms. The molecule has 0 saturated heterocycles. The van der Waals surface area contributed by atoms with Gasteiger partial charge < -0.3 is 0 Å². The van der Waals surface area contributed by atoms with Crippen molar-refractivity contribution in [3.8, 4) is 0 Å². The van der Waals surface area contributed by atoms with E-state index in [-0.39, 0.29) is 18.4 Å². The van der Waals surface area contributed by atoms with Crippen LogP contribution in [0, 0.1) is 0 Å². The van der Waals surface area contributed by atoms with Crippen LogP contribution in [0.3, 0.4) is 0 Å². The van der Waals surface area contributed by atoms with Gasteiger partial charge in [-0.25, -0.2) is 0 Å². The average molecular weight is 380 g/mol. The molecule has 1 aliphatic heterocycles. The molecule has 3 aromatic rings. The number of nitrogens with zero attached hydrogens (tertiary/aromatic N) is 1. The highest BCUT2D eigenvalue weighted by Crippen LogP contribution is 2.33. The quantitative estimate of drug-likeness (QED) is 0.578. The molecular weight excluding hydrogens is 366 g/mol. The smallest absolute Gasteiger partial charge is 0.261 e. The zero-order chi connectivity index (χ0) is 18.1. The maximum atomic E-state index is 12.6. The summed E-state index contributed by atoms with van der Waals surface area (Å²) in [6, 6.07) is 22.3. The molecule has 1 aliphatic rings. The molecule has 0 spiro atoms. The number of fused-ring (bicyclic) bond motifs is 1. The zero-order valence-electron chi connectivity index (χ0n) is 13.7. The average Bonchev–Trinajstić information content (AvgIpc) is 2.90. The molecular formula is C21H14ClNO2S. The number of hydrogen-bond donors (Lipinski definition) is 0. The standard InChI is InChI=1S/C21H14ClNO2S/c22-15-9-11-16(12-10-15)26-19-8-4-1-5-14(19)13-23-20(24)17-6-2-3-7-18(17)21(23)25/h1-12H,13H2. The van der Waals surface area contributed by atoms with Crippen molar-refractivity contribution in [1.29, 1.82) is 0 Å². The van der Waals surface area contributed by atoms with E-state index in [9.17, 15) is 9.59 Å². The number of rotatable bonds is 4. The minimum atomic E-state index is -0.239. The molecule has 0 fully saturated rings. The Hall–Kier alpha value is -2.56. The van der Waals surface area contributed by atoms with Crippen LogP contribution in [0.1, 0.15) is 26.3 Å². The van der Waals surface area contributed by atoms with Crippen molar-refractivity contribution >= 4 is 35.2 Å². The van der Waals surface area contributed by atoms with Crippen LogP contribution >= 0.6 is 23.4 Å². The van der Waals surface area contributed by atoms with Crippen molar-refractivity contribution in [3.63, 3.8) is 0 Å². The van der Waals surface area contributed by atoms with E-state index in [1.165, 1.54) is 4.90 Å². The van der Waals surface area contributed by atoms with Crippen LogP contribution in [0.2, 0.25) is 5.02 Å². The number of halogens is 1. The largest absolute Gasteiger partial charge is 0.270 e. The van der Waals surface area contributed by atoms with Crippen molar-refractivity contribution in [2.24, 2.45) is 0 Å². The van der Waals surface area contributed by atoms with Gasteiger partial charge in [0.05, 0.1) is 17.7 Å². The van der Waals surface area contributed by atoms with Crippen LogP contribution < -0.4 is 0 Å². The first kappa shape index (κ1) is 16.9. The Bertz CT molecular complexity index is 966. The van der Waals surface area contributed by atoms with E-state index in [0.717, 1.165) is 15.4 Å². The Kier molecular flexibility index (Phi) is 4.53. The van der Waals surface area contributed by atoms with Gasteiger partial charge in [-0.05, 0) is 48.0 Å². The van der Waals surface area contributed by atoms with Gasteiger partial charge in [-0.1, -0.05) is 53.7 Å². The second-order valence-corrected chi connectivity index (χ2v) is 7.46. The van der Waals surface area contributed by atoms with Crippen molar-refractivity contribution in [2.45, 2.75) is 16.3 Å². The first-order valence-electron chi connectivity index (χ1n) is 8.10. The van der Waals surface area contributed by atoms with E-state index in [1.807, 2.05) is 48.5 Å². The fourth-order valence-corrected chi connectivity index (χ4v) is 3.98. The third-order valence-electron chi connectivity index (χ3n) is 4.22. The summed E-state index contributed by atoms with van der Waals surface area (Å²) in [6.45, 7) is 0.253. The minimum Gasteiger partial charge on any atom is -0.270 e. The third-order valence-corrected chi connectivity index (χ3v) is 5.60. The lowest BCUT2D eigenvalue weighted by atomic mass is 10.1. The molecule has 3 aromatic carbocycles. The summed E-state index contributed by atoms with van der Waals surface area (Å²) < 4.78 is 0. The summed E-state index contributed by atoms with van der Waals surface area (Å²) >= 11 is 7.53. The van der Waals surface area contributed by atoms with Gasteiger partial charge in [-0.3, -0.25) is 14.5 Å². The van der Waals surface area contributed by atoms with Gasteiger partial charge in [-0.15, -0.1) is 0 Å². The number of hydrogen-bond acceptors (Lipinski definition) is 3. The Morgan fingerprint density at radius 1 is 0.769 bits per heavy atom. The maximum Gasteiger partial charge on any atom is 0.261 e. The summed E-state index contributed by atoms with van der Waals surface area (Å²) in [5, 5.41) is 0.689. The Balaban J connectivity index is 1.61. The first-order chi connectivity index (χ1) is 12.6. The molecule has 0 aliphatic carbocycles. The van der Waals surface area contributed by atoms with E-state index in [1.54, 1.807) is 36.0 Å². The number of carbonyl (C=O) groups excluding carboxylic acids is 2. The number of amides is 2. The summed E-state index contributed by atoms with van der Waals surface area (Å²) in [5.41, 5.74) is 1.88. The lowest BCUT2D eigenvalue weighted by molar-refractivity contribution is 0.0641. The predicted molar refractivity (Wildman–Crippen MR) is 103 cm³/mol. The third kappa shape index (κ3) is 3.14. The molecule has 0 radical (unpaired) electrons. The molecule has 0 unspecified atom stereocenters. The fourth-order valence-electron chi connectivity index (χ4n) is 2.92. The van der Waals surface area contributed by atoms with Crippen LogP contribution in [0.4, 0.5) is 0 Å². The van der Waals surface area contributed by atoms with Crippen molar-refractivity contribution in [3.05, 3.63) is 94.5 Å². The summed E-state index contributed by atoms with van der Waals surface area (Å²) in [5.74, 6) is -0.478. The molecule has 0 N–H and O–H groups in total. The highest BCUT2D eigenvalue weighted by molar-refractivity contribution is 7.99. The van der Waals surface area contributed by atoms with Gasteiger partial charge >= 0.3 is 0 Å². The SMILES string of the molecule is O=C1c2ccccc2C(=O)N1Cc1ccccc1Sc1ccc(Cl)cc1. The van der Waals surface area contributed by atoms with Crippen LogP contribution in [0.5, 0.6) is 0 Å². The Morgan fingerprint density at radius 3 is 2.00 bits per heavy atom. The highest BCUT2D eigenvalue weighted by Gasteiger charge is 2.35. The summed E-state index contributed by atoms with van der Waals surface area (Å²) in [7, 11) is 0. The molecule has 2 amide bonds. The highest BCUT2D eigenvalue weighted by atomic mass is 35.5. The van der Waals surface area contributed by atoms with Gasteiger partial charge in [0.25, 0.3) is 11.8 Å². The second kappa shape index (κ2) is 6.98. The monoisotopic (exact) mass is 379 g/mol. The van der Waals surface area contributed by atoms with Gasteiger partial charge in [0.1, 0.15) is 0 Å². The number of imide groups is 1. The van der Waals surface area contributed by atoms with Crippen LogP contribution in [0.25, 0.3) is 0 Å². The molecule has 26 heavy (non-hydrogen) atoms. The van der Waals surface area contributed by atoms with Crippen LogP contribution in [0.15, 0.2) is 82.6 Å². The molecule has 0 aromatic heterocycles. The van der Waals surface area contributed by atoms with E-state index in [4.69, 9.17) is 11.6 Å². The Morgan fingerprint density at radius 2 is 1.35 bits per heavy atom. The van der Waals surface area contributed by atoms with Gasteiger partial charge in [0.2, 0.25) is 0 Å². The summed E-state index contributed by atoms with van der Waals surface area (Å²) in [6.07, 6.45) is 0. The van der Waals surface area contributed by atoms with Crippen molar-refractivity contribution in [2.75, 3.05) is 0 Å². The molecule has 3 nitrogen and oxygen atoms in total. The molecule has 0 saturated carbocycles. The van der Waals surface area contributed by atoms with Gasteiger partial charge in [0, 0.05) is 14.8 Å². The second-order valence-electron chi connectivity index (χ2n) is 5.91. The molecule has 1 heterocycles. The van der Waals surface area contributed by atoms with E-state index < -0.39 is 0 Å². The normalized spacial score (nSPS) is 13.2. The molecule has 128 valence electrons. The fraction of sp³-hybridized carbons (Fsp3) is 0.0476. The van der Waals surface area contributed by atoms with E-state index >= 15 is 0 Å². The molecule has 5 heteroatoms. The molecule has 0 atom stereocenters. The van der Waals surface area contributed by atoms with E-state index in [0.29, 0.717) is 16.1 Å². The van der Waals surface area contributed by atoms with Crippen LogP contribution in [-0.2, 0) is 6.54 Å². The first-order valence-corrected chi connectivity index (χ1v) is 9.29. The molecule has 4 rings (SSSR count). The summed E-state index contributed by atoms with van der Waals surface area (Å²) in [4.78, 5) is 28.6. The minimum absolute atomic E-state index is 0.239. The number of benzene rings is 3. The lowest BCUT2D eigenvalue weighted by Gasteiger charge is -2.16. The predicted octanol–water partition coefficient (Wildman–Crippen LogP) is 5.29. The van der Waals surface area contributed by atoms with Crippen LogP contribution in [-0.4, -0.2) is 16.7 Å². The van der Waals surface area contributed by atoms with Crippen molar-refractivity contribution < 1.29 is 9.59 Å². The Labute approximate surface area is 160 Å². The van der Waals surface area contributed by atoms with E-state index in [2.05, 4.69) is 0 Å². The maximum absolute atomic E-state index is 12.6. The number of carbonyl (C=O) groups is 2. The zero-order valence-corrected chi connectivity index (χ0v) is 15.3. The van der Waals surface area contributed by atoms with Crippen molar-refractivity contribution in [1.82, 2.24) is 4.90 Å². The van der Waals surface area contributed by atoms with Gasteiger partial charge in [0.15, 0.2) is 0 Å².